The first-order valence-corrected chi connectivity index (χ1v) is 7.71. The molecule has 0 spiro atoms. The monoisotopic (exact) mass is 327 g/mol. The number of fused-ring (bicyclic) bond motifs is 1. The van der Waals surface area contributed by atoms with Crippen LogP contribution in [0.2, 0.25) is 0 Å². The second kappa shape index (κ2) is 7.17. The molecule has 2 aromatic carbocycles. The molecule has 0 unspecified atom stereocenters. The summed E-state index contributed by atoms with van der Waals surface area (Å²) in [6.45, 7) is 0.392. The van der Waals surface area contributed by atoms with Crippen LogP contribution in [0.15, 0.2) is 53.1 Å². The molecule has 0 bridgehead atoms. The molecule has 0 aliphatic heterocycles. The maximum absolute atomic E-state index is 13.5. The molecule has 3 aromatic rings. The molecule has 0 saturated carbocycles. The van der Waals surface area contributed by atoms with Crippen molar-refractivity contribution in [3.8, 4) is 5.75 Å². The molecule has 0 radical (unpaired) electrons. The Morgan fingerprint density at radius 2 is 2.04 bits per heavy atom. The highest BCUT2D eigenvalue weighted by Crippen LogP contribution is 2.25. The van der Waals surface area contributed by atoms with Gasteiger partial charge in [0.15, 0.2) is 0 Å². The SMILES string of the molecule is COc1ccc2c(CC(=O)NCCc3ccccc3F)coc2c1. The quantitative estimate of drug-likeness (QED) is 0.754. The number of benzene rings is 2. The van der Waals surface area contributed by atoms with E-state index in [1.165, 1.54) is 6.07 Å². The summed E-state index contributed by atoms with van der Waals surface area (Å²) < 4.78 is 24.1. The predicted molar refractivity (Wildman–Crippen MR) is 89.6 cm³/mol. The molecular formula is C19H18FNO3. The zero-order chi connectivity index (χ0) is 16.9. The Kier molecular flexibility index (Phi) is 4.79. The molecular weight excluding hydrogens is 309 g/mol. The van der Waals surface area contributed by atoms with E-state index in [1.807, 2.05) is 12.1 Å². The Morgan fingerprint density at radius 3 is 2.83 bits per heavy atom. The molecule has 1 aromatic heterocycles. The van der Waals surface area contributed by atoms with Crippen molar-refractivity contribution in [3.05, 3.63) is 65.7 Å². The average Bonchev–Trinajstić information content (AvgIpc) is 2.98. The van der Waals surface area contributed by atoms with E-state index >= 15 is 0 Å². The van der Waals surface area contributed by atoms with Gasteiger partial charge < -0.3 is 14.5 Å². The van der Waals surface area contributed by atoms with Gasteiger partial charge in [0, 0.05) is 23.6 Å². The van der Waals surface area contributed by atoms with Gasteiger partial charge in [-0.25, -0.2) is 4.39 Å². The summed E-state index contributed by atoms with van der Waals surface area (Å²) in [4.78, 5) is 12.1. The molecule has 0 aliphatic carbocycles. The number of hydrogen-bond acceptors (Lipinski definition) is 3. The maximum atomic E-state index is 13.5. The fourth-order valence-corrected chi connectivity index (χ4v) is 2.60. The van der Waals surface area contributed by atoms with Crippen LogP contribution >= 0.6 is 0 Å². The van der Waals surface area contributed by atoms with Crippen LogP contribution in [-0.2, 0) is 17.6 Å². The lowest BCUT2D eigenvalue weighted by Gasteiger charge is -2.06. The minimum atomic E-state index is -0.249. The number of rotatable bonds is 6. The number of carbonyl (C=O) groups is 1. The Hall–Kier alpha value is -2.82. The smallest absolute Gasteiger partial charge is 0.224 e. The number of ether oxygens (including phenoxy) is 1. The van der Waals surface area contributed by atoms with Gasteiger partial charge in [-0.3, -0.25) is 4.79 Å². The van der Waals surface area contributed by atoms with E-state index in [9.17, 15) is 9.18 Å². The first kappa shape index (κ1) is 16.1. The highest BCUT2D eigenvalue weighted by Gasteiger charge is 2.11. The third-order valence-electron chi connectivity index (χ3n) is 3.89. The van der Waals surface area contributed by atoms with Crippen molar-refractivity contribution in [2.75, 3.05) is 13.7 Å². The highest BCUT2D eigenvalue weighted by atomic mass is 19.1. The van der Waals surface area contributed by atoms with Crippen molar-refractivity contribution in [1.82, 2.24) is 5.32 Å². The van der Waals surface area contributed by atoms with Crippen molar-refractivity contribution in [1.29, 1.82) is 0 Å². The van der Waals surface area contributed by atoms with Crippen LogP contribution in [0.4, 0.5) is 4.39 Å². The number of methoxy groups -OCH3 is 1. The summed E-state index contributed by atoms with van der Waals surface area (Å²) in [5.74, 6) is 0.337. The normalized spacial score (nSPS) is 10.8. The number of halogens is 1. The zero-order valence-corrected chi connectivity index (χ0v) is 13.3. The van der Waals surface area contributed by atoms with Crippen molar-refractivity contribution < 1.29 is 18.3 Å². The van der Waals surface area contributed by atoms with E-state index in [2.05, 4.69) is 5.32 Å². The van der Waals surface area contributed by atoms with E-state index in [-0.39, 0.29) is 18.1 Å². The van der Waals surface area contributed by atoms with Gasteiger partial charge in [-0.1, -0.05) is 18.2 Å². The Labute approximate surface area is 139 Å². The maximum Gasteiger partial charge on any atom is 0.224 e. The first-order chi connectivity index (χ1) is 11.7. The second-order valence-corrected chi connectivity index (χ2v) is 5.49. The molecule has 0 saturated heterocycles. The topological polar surface area (TPSA) is 51.5 Å². The van der Waals surface area contributed by atoms with Crippen LogP contribution in [0.1, 0.15) is 11.1 Å². The fourth-order valence-electron chi connectivity index (χ4n) is 2.60. The van der Waals surface area contributed by atoms with Crippen LogP contribution in [0.25, 0.3) is 11.0 Å². The van der Waals surface area contributed by atoms with E-state index < -0.39 is 0 Å². The van der Waals surface area contributed by atoms with Crippen molar-refractivity contribution in [2.45, 2.75) is 12.8 Å². The molecule has 0 atom stereocenters. The molecule has 1 amide bonds. The Balaban J connectivity index is 1.58. The van der Waals surface area contributed by atoms with E-state index in [4.69, 9.17) is 9.15 Å². The van der Waals surface area contributed by atoms with Gasteiger partial charge in [0.2, 0.25) is 5.91 Å². The van der Waals surface area contributed by atoms with Crippen molar-refractivity contribution >= 4 is 16.9 Å². The van der Waals surface area contributed by atoms with Gasteiger partial charge in [0.25, 0.3) is 0 Å². The average molecular weight is 327 g/mol. The third-order valence-corrected chi connectivity index (χ3v) is 3.89. The summed E-state index contributed by atoms with van der Waals surface area (Å²) in [5.41, 5.74) is 2.10. The standard InChI is InChI=1S/C19H18FNO3/c1-23-15-6-7-16-14(12-24-18(16)11-15)10-19(22)21-9-8-13-4-2-3-5-17(13)20/h2-7,11-12H,8-10H2,1H3,(H,21,22). The van der Waals surface area contributed by atoms with Crippen molar-refractivity contribution in [3.63, 3.8) is 0 Å². The minimum absolute atomic E-state index is 0.121. The van der Waals surface area contributed by atoms with Gasteiger partial charge in [-0.05, 0) is 30.2 Å². The van der Waals surface area contributed by atoms with Gasteiger partial charge in [0.05, 0.1) is 19.8 Å². The zero-order valence-electron chi connectivity index (χ0n) is 13.3. The van der Waals surface area contributed by atoms with E-state index in [0.29, 0.717) is 29.9 Å². The Bertz CT molecular complexity index is 857. The number of carbonyl (C=O) groups excluding carboxylic acids is 1. The number of nitrogens with one attached hydrogen (secondary N) is 1. The first-order valence-electron chi connectivity index (χ1n) is 7.71. The largest absolute Gasteiger partial charge is 0.497 e. The lowest BCUT2D eigenvalue weighted by atomic mass is 10.1. The summed E-state index contributed by atoms with van der Waals surface area (Å²) in [6, 6.07) is 12.1. The lowest BCUT2D eigenvalue weighted by molar-refractivity contribution is -0.120. The van der Waals surface area contributed by atoms with Crippen LogP contribution in [-0.4, -0.2) is 19.6 Å². The van der Waals surface area contributed by atoms with Crippen LogP contribution in [0.3, 0.4) is 0 Å². The molecule has 5 heteroatoms. The van der Waals surface area contributed by atoms with Crippen LogP contribution < -0.4 is 10.1 Å². The molecule has 0 aliphatic rings. The Morgan fingerprint density at radius 1 is 1.21 bits per heavy atom. The molecule has 0 fully saturated rings. The van der Waals surface area contributed by atoms with Gasteiger partial charge in [-0.2, -0.15) is 0 Å². The van der Waals surface area contributed by atoms with Gasteiger partial charge in [-0.15, -0.1) is 0 Å². The van der Waals surface area contributed by atoms with E-state index in [1.54, 1.807) is 37.6 Å². The summed E-state index contributed by atoms with van der Waals surface area (Å²) >= 11 is 0. The van der Waals surface area contributed by atoms with Crippen LogP contribution in [0, 0.1) is 5.82 Å². The molecule has 3 rings (SSSR count). The summed E-state index contributed by atoms with van der Waals surface area (Å²) in [5, 5.41) is 3.70. The molecule has 1 heterocycles. The predicted octanol–water partition coefficient (Wildman–Crippen LogP) is 3.48. The minimum Gasteiger partial charge on any atom is -0.497 e. The number of amides is 1. The lowest BCUT2D eigenvalue weighted by Crippen LogP contribution is -2.27. The molecule has 1 N–H and O–H groups in total. The molecule has 24 heavy (non-hydrogen) atoms. The molecule has 4 nitrogen and oxygen atoms in total. The van der Waals surface area contributed by atoms with E-state index in [0.717, 1.165) is 10.9 Å². The van der Waals surface area contributed by atoms with Crippen molar-refractivity contribution in [2.24, 2.45) is 0 Å². The number of hydrogen-bond donors (Lipinski definition) is 1. The van der Waals surface area contributed by atoms with Gasteiger partial charge >= 0.3 is 0 Å². The highest BCUT2D eigenvalue weighted by molar-refractivity contribution is 5.88. The summed E-state index contributed by atoms with van der Waals surface area (Å²) in [6.07, 6.45) is 2.26. The summed E-state index contributed by atoms with van der Waals surface area (Å²) in [7, 11) is 1.59. The van der Waals surface area contributed by atoms with Crippen LogP contribution in [0.5, 0.6) is 5.75 Å². The third kappa shape index (κ3) is 3.56. The fraction of sp³-hybridized carbons (Fsp3) is 0.211. The number of furan rings is 1. The van der Waals surface area contributed by atoms with Gasteiger partial charge in [0.1, 0.15) is 17.1 Å². The molecule has 124 valence electrons. The second-order valence-electron chi connectivity index (χ2n) is 5.49.